The normalized spacial score (nSPS) is 13.6. The average Bonchev–Trinajstić information content (AvgIpc) is 2.79. The number of carbonyl (C=O) groups excluding carboxylic acids is 1. The lowest BCUT2D eigenvalue weighted by Crippen LogP contribution is -2.35. The van der Waals surface area contributed by atoms with Crippen LogP contribution >= 0.6 is 23.4 Å². The lowest BCUT2D eigenvalue weighted by atomic mass is 10.1. The molecule has 0 saturated carbocycles. The molecule has 2 heterocycles. The zero-order chi connectivity index (χ0) is 22.7. The number of amides is 1. The number of halogens is 2. The summed E-state index contributed by atoms with van der Waals surface area (Å²) in [5.74, 6) is -0.245. The molecule has 6 nitrogen and oxygen atoms in total. The molecule has 0 aliphatic carbocycles. The topological polar surface area (TPSA) is 69.3 Å². The molecule has 0 saturated heterocycles. The van der Waals surface area contributed by atoms with E-state index in [-0.39, 0.29) is 23.0 Å². The molecular formula is C23H22ClFN4O2S. The minimum absolute atomic E-state index is 0.122. The standard InChI is InChI=1S/C23H22ClFN4O2S/c1-28(18-4-2-3-16(24)11-18)21(30)14-32-23-26-20-9-10-29(13-19(20)22(31)27-23)12-15-5-7-17(25)8-6-15/h2-8,11H,9-10,12-14H2,1H3,(H,26,27,31). The highest BCUT2D eigenvalue weighted by Gasteiger charge is 2.22. The summed E-state index contributed by atoms with van der Waals surface area (Å²) in [7, 11) is 1.69. The lowest BCUT2D eigenvalue weighted by Gasteiger charge is -2.27. The van der Waals surface area contributed by atoms with E-state index in [4.69, 9.17) is 11.6 Å². The summed E-state index contributed by atoms with van der Waals surface area (Å²) in [5.41, 5.74) is 2.93. The van der Waals surface area contributed by atoms with Crippen LogP contribution in [-0.4, -0.2) is 40.1 Å². The predicted octanol–water partition coefficient (Wildman–Crippen LogP) is 3.88. The van der Waals surface area contributed by atoms with Crippen LogP contribution < -0.4 is 10.5 Å². The third-order valence-corrected chi connectivity index (χ3v) is 6.44. The molecule has 32 heavy (non-hydrogen) atoms. The molecule has 0 fully saturated rings. The number of carbonyl (C=O) groups is 1. The fourth-order valence-electron chi connectivity index (χ4n) is 3.57. The molecular weight excluding hydrogens is 451 g/mol. The molecule has 1 amide bonds. The Balaban J connectivity index is 1.39. The van der Waals surface area contributed by atoms with Crippen molar-refractivity contribution in [3.8, 4) is 0 Å². The maximum Gasteiger partial charge on any atom is 0.256 e. The Hall–Kier alpha value is -2.68. The highest BCUT2D eigenvalue weighted by atomic mass is 35.5. The van der Waals surface area contributed by atoms with E-state index in [9.17, 15) is 14.0 Å². The predicted molar refractivity (Wildman–Crippen MR) is 125 cm³/mol. The summed E-state index contributed by atoms with van der Waals surface area (Å²) in [6, 6.07) is 13.5. The van der Waals surface area contributed by atoms with Crippen LogP contribution in [-0.2, 0) is 24.3 Å². The van der Waals surface area contributed by atoms with Crippen molar-refractivity contribution in [2.24, 2.45) is 0 Å². The molecule has 0 atom stereocenters. The summed E-state index contributed by atoms with van der Waals surface area (Å²) in [6.45, 7) is 1.87. The van der Waals surface area contributed by atoms with Crippen LogP contribution in [0.1, 0.15) is 16.8 Å². The van der Waals surface area contributed by atoms with E-state index in [1.165, 1.54) is 28.8 Å². The van der Waals surface area contributed by atoms with Crippen LogP contribution in [0.2, 0.25) is 5.02 Å². The smallest absolute Gasteiger partial charge is 0.256 e. The maximum atomic E-state index is 13.1. The zero-order valence-electron chi connectivity index (χ0n) is 17.5. The SMILES string of the molecule is CN(C(=O)CSc1nc2c(c(=O)[nH]1)CN(Cc1ccc(F)cc1)CC2)c1cccc(Cl)c1. The second-order valence-electron chi connectivity index (χ2n) is 7.60. The number of H-pyrrole nitrogens is 1. The van der Waals surface area contributed by atoms with Gasteiger partial charge in [0.25, 0.3) is 5.56 Å². The van der Waals surface area contributed by atoms with Gasteiger partial charge in [0, 0.05) is 43.8 Å². The van der Waals surface area contributed by atoms with Gasteiger partial charge in [-0.2, -0.15) is 0 Å². The van der Waals surface area contributed by atoms with Gasteiger partial charge in [-0.3, -0.25) is 14.5 Å². The monoisotopic (exact) mass is 472 g/mol. The number of nitrogens with zero attached hydrogens (tertiary/aromatic N) is 3. The van der Waals surface area contributed by atoms with Gasteiger partial charge in [0.2, 0.25) is 5.91 Å². The summed E-state index contributed by atoms with van der Waals surface area (Å²) < 4.78 is 13.1. The number of nitrogens with one attached hydrogen (secondary N) is 1. The van der Waals surface area contributed by atoms with Gasteiger partial charge in [-0.05, 0) is 35.9 Å². The van der Waals surface area contributed by atoms with Gasteiger partial charge in [-0.25, -0.2) is 9.37 Å². The fraction of sp³-hybridized carbons (Fsp3) is 0.261. The molecule has 1 N–H and O–H groups in total. The second-order valence-corrected chi connectivity index (χ2v) is 9.01. The summed E-state index contributed by atoms with van der Waals surface area (Å²) in [4.78, 5) is 36.3. The van der Waals surface area contributed by atoms with Crippen LogP contribution in [0.3, 0.4) is 0 Å². The second kappa shape index (κ2) is 9.85. The van der Waals surface area contributed by atoms with Gasteiger partial charge >= 0.3 is 0 Å². The third-order valence-electron chi connectivity index (χ3n) is 5.35. The molecule has 166 valence electrons. The Bertz CT molecular complexity index is 1190. The number of fused-ring (bicyclic) bond motifs is 1. The van der Waals surface area contributed by atoms with Crippen molar-refractivity contribution in [3.05, 3.63) is 86.5 Å². The fourth-order valence-corrected chi connectivity index (χ4v) is 4.54. The molecule has 0 radical (unpaired) electrons. The molecule has 3 aromatic rings. The summed E-state index contributed by atoms with van der Waals surface area (Å²) in [6.07, 6.45) is 0.643. The van der Waals surface area contributed by atoms with Crippen LogP contribution in [0.15, 0.2) is 58.5 Å². The zero-order valence-corrected chi connectivity index (χ0v) is 19.0. The molecule has 0 bridgehead atoms. The number of benzene rings is 2. The Morgan fingerprint density at radius 2 is 2.06 bits per heavy atom. The van der Waals surface area contributed by atoms with Gasteiger partial charge < -0.3 is 9.88 Å². The molecule has 0 spiro atoms. The number of aromatic nitrogens is 2. The average molecular weight is 473 g/mol. The molecule has 4 rings (SSSR count). The van der Waals surface area contributed by atoms with Crippen molar-refractivity contribution < 1.29 is 9.18 Å². The van der Waals surface area contributed by atoms with Gasteiger partial charge in [-0.1, -0.05) is 41.6 Å². The van der Waals surface area contributed by atoms with E-state index in [0.717, 1.165) is 17.8 Å². The summed E-state index contributed by atoms with van der Waals surface area (Å²) >= 11 is 7.21. The van der Waals surface area contributed by atoms with Crippen LogP contribution in [0.5, 0.6) is 0 Å². The van der Waals surface area contributed by atoms with E-state index in [2.05, 4.69) is 14.9 Å². The molecule has 1 aliphatic heterocycles. The van der Waals surface area contributed by atoms with Crippen molar-refractivity contribution >= 4 is 35.0 Å². The first-order valence-corrected chi connectivity index (χ1v) is 11.5. The lowest BCUT2D eigenvalue weighted by molar-refractivity contribution is -0.115. The van der Waals surface area contributed by atoms with E-state index in [1.807, 2.05) is 6.07 Å². The van der Waals surface area contributed by atoms with Crippen molar-refractivity contribution in [2.75, 3.05) is 24.2 Å². The quantitative estimate of drug-likeness (QED) is 0.435. The highest BCUT2D eigenvalue weighted by molar-refractivity contribution is 7.99. The van der Waals surface area contributed by atoms with E-state index in [0.29, 0.717) is 40.9 Å². The first-order valence-electron chi connectivity index (χ1n) is 10.1. The van der Waals surface area contributed by atoms with Crippen LogP contribution in [0.25, 0.3) is 0 Å². The number of aromatic amines is 1. The highest BCUT2D eigenvalue weighted by Crippen LogP contribution is 2.22. The Morgan fingerprint density at radius 3 is 2.81 bits per heavy atom. The molecule has 9 heteroatoms. The minimum Gasteiger partial charge on any atom is -0.315 e. The van der Waals surface area contributed by atoms with Crippen molar-refractivity contribution in [1.82, 2.24) is 14.9 Å². The summed E-state index contributed by atoms with van der Waals surface area (Å²) in [5, 5.41) is 0.998. The minimum atomic E-state index is -0.263. The van der Waals surface area contributed by atoms with Crippen molar-refractivity contribution in [2.45, 2.75) is 24.7 Å². The third kappa shape index (κ3) is 5.38. The largest absolute Gasteiger partial charge is 0.315 e. The number of anilines is 1. The Labute approximate surface area is 194 Å². The van der Waals surface area contributed by atoms with E-state index < -0.39 is 0 Å². The van der Waals surface area contributed by atoms with Gasteiger partial charge in [0.05, 0.1) is 17.0 Å². The molecule has 2 aromatic carbocycles. The first kappa shape index (κ1) is 22.5. The molecule has 1 aliphatic rings. The van der Waals surface area contributed by atoms with E-state index >= 15 is 0 Å². The first-order chi connectivity index (χ1) is 15.4. The van der Waals surface area contributed by atoms with Crippen LogP contribution in [0.4, 0.5) is 10.1 Å². The molecule has 1 aromatic heterocycles. The molecule has 0 unspecified atom stereocenters. The number of hydrogen-bond donors (Lipinski definition) is 1. The Morgan fingerprint density at radius 1 is 1.28 bits per heavy atom. The van der Waals surface area contributed by atoms with Gasteiger partial charge in [0.1, 0.15) is 5.82 Å². The maximum absolute atomic E-state index is 13.1. The van der Waals surface area contributed by atoms with Crippen LogP contribution in [0, 0.1) is 5.82 Å². The van der Waals surface area contributed by atoms with Gasteiger partial charge in [-0.15, -0.1) is 0 Å². The van der Waals surface area contributed by atoms with Crippen molar-refractivity contribution in [3.63, 3.8) is 0 Å². The van der Waals surface area contributed by atoms with Crippen molar-refractivity contribution in [1.29, 1.82) is 0 Å². The number of thioether (sulfide) groups is 1. The van der Waals surface area contributed by atoms with E-state index in [1.54, 1.807) is 37.4 Å². The number of rotatable bonds is 6. The Kier molecular flexibility index (Phi) is 6.93. The number of hydrogen-bond acceptors (Lipinski definition) is 5. The van der Waals surface area contributed by atoms with Gasteiger partial charge in [0.15, 0.2) is 5.16 Å².